The Bertz CT molecular complexity index is 201. The molecule has 1 N–H and O–H groups in total. The molecule has 0 unspecified atom stereocenters. The van der Waals surface area contributed by atoms with Crippen molar-refractivity contribution in [3.05, 3.63) is 0 Å². The van der Waals surface area contributed by atoms with Crippen LogP contribution < -0.4 is 0 Å². The highest BCUT2D eigenvalue weighted by atomic mass is 16.5. The van der Waals surface area contributed by atoms with Crippen molar-refractivity contribution in [3.63, 3.8) is 0 Å². The summed E-state index contributed by atoms with van der Waals surface area (Å²) in [6, 6.07) is 0. The van der Waals surface area contributed by atoms with E-state index in [0.717, 1.165) is 26.3 Å². The molecule has 3 heteroatoms. The second kappa shape index (κ2) is 3.47. The summed E-state index contributed by atoms with van der Waals surface area (Å²) in [4.78, 5) is 2.39. The van der Waals surface area contributed by atoms with Gasteiger partial charge in [-0.1, -0.05) is 0 Å². The molecule has 2 heterocycles. The Labute approximate surface area is 86.0 Å². The van der Waals surface area contributed by atoms with Gasteiger partial charge in [-0.15, -0.1) is 0 Å². The minimum absolute atomic E-state index is 0.0381. The summed E-state index contributed by atoms with van der Waals surface area (Å²) in [7, 11) is 0. The van der Waals surface area contributed by atoms with E-state index in [0.29, 0.717) is 5.41 Å². The summed E-state index contributed by atoms with van der Waals surface area (Å²) in [6.07, 6.45) is 2.40. The van der Waals surface area contributed by atoms with E-state index >= 15 is 0 Å². The molecule has 2 fully saturated rings. The molecule has 0 atom stereocenters. The first-order valence-electron chi connectivity index (χ1n) is 5.52. The largest absolute Gasteiger partial charge is 0.394 e. The molecule has 0 aromatic rings. The van der Waals surface area contributed by atoms with Crippen LogP contribution in [0.25, 0.3) is 0 Å². The highest BCUT2D eigenvalue weighted by molar-refractivity contribution is 5.01. The zero-order chi connectivity index (χ0) is 10.2. The summed E-state index contributed by atoms with van der Waals surface area (Å²) >= 11 is 0. The molecule has 0 aliphatic carbocycles. The Hall–Kier alpha value is -0.120. The number of aliphatic hydroxyl groups excluding tert-OH is 1. The van der Waals surface area contributed by atoms with Crippen LogP contribution in [0, 0.1) is 5.41 Å². The Kier molecular flexibility index (Phi) is 2.58. The van der Waals surface area contributed by atoms with Gasteiger partial charge < -0.3 is 9.84 Å². The van der Waals surface area contributed by atoms with Gasteiger partial charge in [-0.3, -0.25) is 4.90 Å². The molecule has 14 heavy (non-hydrogen) atoms. The number of ether oxygens (including phenoxy) is 1. The van der Waals surface area contributed by atoms with Gasteiger partial charge in [0, 0.05) is 37.3 Å². The maximum Gasteiger partial charge on any atom is 0.0610 e. The van der Waals surface area contributed by atoms with Gasteiger partial charge in [-0.25, -0.2) is 0 Å². The molecule has 0 saturated carbocycles. The molecule has 2 saturated heterocycles. The third-order valence-electron chi connectivity index (χ3n) is 3.85. The van der Waals surface area contributed by atoms with Crippen LogP contribution in [0.1, 0.15) is 26.7 Å². The molecule has 3 nitrogen and oxygen atoms in total. The second-order valence-corrected chi connectivity index (χ2v) is 5.44. The molecular weight excluding hydrogens is 178 g/mol. The summed E-state index contributed by atoms with van der Waals surface area (Å²) in [5.41, 5.74) is 0.480. The first-order chi connectivity index (χ1) is 6.58. The fraction of sp³-hybridized carbons (Fsp3) is 1.00. The molecule has 0 aromatic carbocycles. The summed E-state index contributed by atoms with van der Waals surface area (Å²) in [5.74, 6) is 0. The SMILES string of the molecule is CC(C)(CO)N1CC2(CCOCC2)C1. The van der Waals surface area contributed by atoms with Crippen LogP contribution >= 0.6 is 0 Å². The predicted octanol–water partition coefficient (Wildman–Crippen LogP) is 0.870. The molecule has 2 aliphatic rings. The van der Waals surface area contributed by atoms with E-state index in [1.54, 1.807) is 0 Å². The number of likely N-dealkylation sites (tertiary alicyclic amines) is 1. The average molecular weight is 199 g/mol. The van der Waals surface area contributed by atoms with Crippen molar-refractivity contribution >= 4 is 0 Å². The molecule has 1 spiro atoms. The van der Waals surface area contributed by atoms with E-state index in [4.69, 9.17) is 4.74 Å². The maximum absolute atomic E-state index is 9.25. The van der Waals surface area contributed by atoms with Crippen LogP contribution in [-0.4, -0.2) is 48.5 Å². The third-order valence-corrected chi connectivity index (χ3v) is 3.85. The fourth-order valence-electron chi connectivity index (χ4n) is 2.41. The third kappa shape index (κ3) is 1.69. The van der Waals surface area contributed by atoms with E-state index in [1.165, 1.54) is 12.8 Å². The number of aliphatic hydroxyl groups is 1. The van der Waals surface area contributed by atoms with Crippen LogP contribution in [0.2, 0.25) is 0 Å². The van der Waals surface area contributed by atoms with Gasteiger partial charge >= 0.3 is 0 Å². The average Bonchev–Trinajstić information content (AvgIpc) is 2.15. The number of rotatable bonds is 2. The lowest BCUT2D eigenvalue weighted by Crippen LogP contribution is -2.65. The lowest BCUT2D eigenvalue weighted by atomic mass is 9.71. The van der Waals surface area contributed by atoms with Crippen molar-refractivity contribution < 1.29 is 9.84 Å². The van der Waals surface area contributed by atoms with Gasteiger partial charge in [-0.05, 0) is 26.7 Å². The predicted molar refractivity (Wildman–Crippen MR) is 55.2 cm³/mol. The Morgan fingerprint density at radius 1 is 1.29 bits per heavy atom. The number of nitrogens with zero attached hydrogens (tertiary/aromatic N) is 1. The molecule has 2 aliphatic heterocycles. The van der Waals surface area contributed by atoms with E-state index < -0.39 is 0 Å². The highest BCUT2D eigenvalue weighted by Gasteiger charge is 2.48. The van der Waals surface area contributed by atoms with Gasteiger partial charge in [0.2, 0.25) is 0 Å². The van der Waals surface area contributed by atoms with Crippen LogP contribution in [0.15, 0.2) is 0 Å². The lowest BCUT2D eigenvalue weighted by Gasteiger charge is -2.57. The number of hydrogen-bond donors (Lipinski definition) is 1. The monoisotopic (exact) mass is 199 g/mol. The van der Waals surface area contributed by atoms with E-state index in [-0.39, 0.29) is 12.1 Å². The summed E-state index contributed by atoms with van der Waals surface area (Å²) < 4.78 is 5.38. The minimum Gasteiger partial charge on any atom is -0.394 e. The Morgan fingerprint density at radius 3 is 2.36 bits per heavy atom. The van der Waals surface area contributed by atoms with Crippen LogP contribution in [0.4, 0.5) is 0 Å². The highest BCUT2D eigenvalue weighted by Crippen LogP contribution is 2.42. The topological polar surface area (TPSA) is 32.7 Å². The van der Waals surface area contributed by atoms with E-state index in [9.17, 15) is 5.11 Å². The van der Waals surface area contributed by atoms with Crippen molar-refractivity contribution in [1.82, 2.24) is 4.90 Å². The van der Waals surface area contributed by atoms with E-state index in [1.807, 2.05) is 0 Å². The normalized spacial score (nSPS) is 27.6. The van der Waals surface area contributed by atoms with Gasteiger partial charge in [0.15, 0.2) is 0 Å². The van der Waals surface area contributed by atoms with Crippen LogP contribution in [-0.2, 0) is 4.74 Å². The Balaban J connectivity index is 1.88. The lowest BCUT2D eigenvalue weighted by molar-refractivity contribution is -0.126. The minimum atomic E-state index is -0.0381. The molecule has 0 amide bonds. The molecule has 0 radical (unpaired) electrons. The molecule has 0 bridgehead atoms. The van der Waals surface area contributed by atoms with Crippen molar-refractivity contribution in [2.24, 2.45) is 5.41 Å². The molecular formula is C11H21NO2. The molecule has 82 valence electrons. The van der Waals surface area contributed by atoms with Gasteiger partial charge in [0.05, 0.1) is 6.61 Å². The zero-order valence-electron chi connectivity index (χ0n) is 9.25. The Morgan fingerprint density at radius 2 is 1.86 bits per heavy atom. The molecule has 0 aromatic heterocycles. The van der Waals surface area contributed by atoms with Gasteiger partial charge in [0.1, 0.15) is 0 Å². The summed E-state index contributed by atoms with van der Waals surface area (Å²) in [5, 5.41) is 9.25. The first-order valence-corrected chi connectivity index (χ1v) is 5.52. The van der Waals surface area contributed by atoms with Crippen molar-refractivity contribution in [2.75, 3.05) is 32.9 Å². The maximum atomic E-state index is 9.25. The zero-order valence-corrected chi connectivity index (χ0v) is 9.25. The van der Waals surface area contributed by atoms with Crippen molar-refractivity contribution in [2.45, 2.75) is 32.2 Å². The second-order valence-electron chi connectivity index (χ2n) is 5.44. The quantitative estimate of drug-likeness (QED) is 0.716. The molecule has 2 rings (SSSR count). The number of hydrogen-bond acceptors (Lipinski definition) is 3. The van der Waals surface area contributed by atoms with E-state index in [2.05, 4.69) is 18.7 Å². The van der Waals surface area contributed by atoms with Crippen LogP contribution in [0.5, 0.6) is 0 Å². The smallest absolute Gasteiger partial charge is 0.0610 e. The standard InChI is InChI=1S/C11H21NO2/c1-10(2,9-13)12-7-11(8-12)3-5-14-6-4-11/h13H,3-9H2,1-2H3. The fourth-order valence-corrected chi connectivity index (χ4v) is 2.41. The van der Waals surface area contributed by atoms with Crippen molar-refractivity contribution in [3.8, 4) is 0 Å². The van der Waals surface area contributed by atoms with Gasteiger partial charge in [0.25, 0.3) is 0 Å². The van der Waals surface area contributed by atoms with Gasteiger partial charge in [-0.2, -0.15) is 0 Å². The first kappa shape index (κ1) is 10.4. The van der Waals surface area contributed by atoms with Crippen molar-refractivity contribution in [1.29, 1.82) is 0 Å². The summed E-state index contributed by atoms with van der Waals surface area (Å²) in [6.45, 7) is 8.60. The van der Waals surface area contributed by atoms with Crippen LogP contribution in [0.3, 0.4) is 0 Å².